The molecular weight excluding hydrogens is 551 g/mol. The molecule has 1 aliphatic heterocycles. The van der Waals surface area contributed by atoms with Gasteiger partial charge in [0.15, 0.2) is 5.75 Å². The summed E-state index contributed by atoms with van der Waals surface area (Å²) in [7, 11) is 2.04. The van der Waals surface area contributed by atoms with Gasteiger partial charge in [-0.25, -0.2) is 14.8 Å². The number of piperazine rings is 1. The maximum absolute atomic E-state index is 13.2. The van der Waals surface area contributed by atoms with E-state index in [1.807, 2.05) is 13.3 Å². The molecule has 13 heteroatoms. The summed E-state index contributed by atoms with van der Waals surface area (Å²) in [6.07, 6.45) is 0.0559. The van der Waals surface area contributed by atoms with Gasteiger partial charge in [0.05, 0.1) is 22.2 Å². The molecule has 1 N–H and O–H groups in total. The van der Waals surface area contributed by atoms with Gasteiger partial charge in [-0.05, 0) is 62.4 Å². The van der Waals surface area contributed by atoms with Crippen molar-refractivity contribution in [1.82, 2.24) is 14.9 Å². The number of anilines is 3. The summed E-state index contributed by atoms with van der Waals surface area (Å²) in [5, 5.41) is 2.97. The minimum atomic E-state index is -4.86. The van der Waals surface area contributed by atoms with Gasteiger partial charge >= 0.3 is 12.3 Å². The Morgan fingerprint density at radius 2 is 1.97 bits per heavy atom. The summed E-state index contributed by atoms with van der Waals surface area (Å²) in [4.78, 5) is 26.6. The number of hydrogen-bond acceptors (Lipinski definition) is 10. The van der Waals surface area contributed by atoms with Crippen LogP contribution in [-0.2, 0) is 17.6 Å². The van der Waals surface area contributed by atoms with E-state index >= 15 is 0 Å². The van der Waals surface area contributed by atoms with E-state index < -0.39 is 6.36 Å². The minimum Gasteiger partial charge on any atom is -0.462 e. The second kappa shape index (κ2) is 11.2. The summed E-state index contributed by atoms with van der Waals surface area (Å²) >= 11 is 2.89. The van der Waals surface area contributed by atoms with Crippen molar-refractivity contribution >= 4 is 46.4 Å². The largest absolute Gasteiger partial charge is 0.573 e. The molecule has 1 fully saturated rings. The van der Waals surface area contributed by atoms with Crippen molar-refractivity contribution in [3.8, 4) is 17.0 Å². The molecule has 3 heterocycles. The molecule has 0 saturated carbocycles. The third kappa shape index (κ3) is 5.94. The first kappa shape index (κ1) is 27.5. The van der Waals surface area contributed by atoms with Crippen molar-refractivity contribution < 1.29 is 27.4 Å². The summed E-state index contributed by atoms with van der Waals surface area (Å²) in [5.41, 5.74) is 4.22. The van der Waals surface area contributed by atoms with Crippen LogP contribution in [-0.4, -0.2) is 73.3 Å². The quantitative estimate of drug-likeness (QED) is 0.284. The van der Waals surface area contributed by atoms with Crippen molar-refractivity contribution in [3.63, 3.8) is 0 Å². The zero-order valence-corrected chi connectivity index (χ0v) is 23.4. The number of alkyl halides is 3. The number of carbonyl (C=O) groups excluding carboxylic acids is 1. The van der Waals surface area contributed by atoms with Gasteiger partial charge in [-0.1, -0.05) is 0 Å². The maximum Gasteiger partial charge on any atom is 0.573 e. The first-order chi connectivity index (χ1) is 18.7. The van der Waals surface area contributed by atoms with Crippen LogP contribution in [0.3, 0.4) is 0 Å². The highest BCUT2D eigenvalue weighted by Crippen LogP contribution is 2.46. The Morgan fingerprint density at radius 3 is 2.67 bits per heavy atom. The van der Waals surface area contributed by atoms with Gasteiger partial charge in [0, 0.05) is 43.6 Å². The summed E-state index contributed by atoms with van der Waals surface area (Å²) in [6, 6.07) is 4.58. The molecule has 39 heavy (non-hydrogen) atoms. The Hall–Kier alpha value is -3.03. The number of nitrogens with zero attached hydrogens (tertiary/aromatic N) is 4. The topological polar surface area (TPSA) is 79.8 Å². The van der Waals surface area contributed by atoms with Crippen molar-refractivity contribution in [2.45, 2.75) is 30.3 Å². The van der Waals surface area contributed by atoms with E-state index in [9.17, 15) is 18.0 Å². The zero-order chi connectivity index (χ0) is 27.7. The fraction of sp³-hybridized carbons (Fsp3) is 0.423. The molecule has 1 aromatic carbocycles. The van der Waals surface area contributed by atoms with Gasteiger partial charge in [-0.15, -0.1) is 36.3 Å². The Balaban J connectivity index is 1.51. The zero-order valence-electron chi connectivity index (χ0n) is 21.7. The summed E-state index contributed by atoms with van der Waals surface area (Å²) in [6.45, 7) is 5.27. The Morgan fingerprint density at radius 1 is 1.21 bits per heavy atom. The highest BCUT2D eigenvalue weighted by molar-refractivity contribution is 8.00. The van der Waals surface area contributed by atoms with Crippen molar-refractivity contribution in [2.24, 2.45) is 0 Å². The molecule has 0 unspecified atom stereocenters. The van der Waals surface area contributed by atoms with Crippen LogP contribution in [0.2, 0.25) is 0 Å². The molecule has 5 rings (SSSR count). The van der Waals surface area contributed by atoms with Crippen molar-refractivity contribution in [1.29, 1.82) is 0 Å². The molecular formula is C26H28F3N5O3S2. The predicted molar refractivity (Wildman–Crippen MR) is 147 cm³/mol. The van der Waals surface area contributed by atoms with Gasteiger partial charge in [0.1, 0.15) is 4.88 Å². The Bertz CT molecular complexity index is 1370. The maximum atomic E-state index is 13.2. The standard InChI is InChI=1S/C26H28F3N5O3S2/c1-4-36-23(35)22-17-7-5-15-14-30-25(32-21(15)20(17)24(38-3)39-22)31-18-13-16(34-11-9-33(2)10-12-34)6-8-19(18)37-26(27,28)29/h6,8,13-14H,4-5,7,9-12H2,1-3H3,(H,30,31,32). The van der Waals surface area contributed by atoms with Crippen LogP contribution < -0.4 is 15.0 Å². The monoisotopic (exact) mass is 579 g/mol. The highest BCUT2D eigenvalue weighted by atomic mass is 32.2. The van der Waals surface area contributed by atoms with Gasteiger partial charge in [0.25, 0.3) is 0 Å². The number of esters is 1. The first-order valence-corrected chi connectivity index (χ1v) is 14.5. The highest BCUT2D eigenvalue weighted by Gasteiger charge is 2.33. The second-order valence-electron chi connectivity index (χ2n) is 9.21. The van der Waals surface area contributed by atoms with Gasteiger partial charge < -0.3 is 24.6 Å². The number of nitrogens with one attached hydrogen (secondary N) is 1. The summed E-state index contributed by atoms with van der Waals surface area (Å²) in [5.74, 6) is -0.586. The van der Waals surface area contributed by atoms with E-state index in [1.165, 1.54) is 29.2 Å². The van der Waals surface area contributed by atoms with E-state index in [-0.39, 0.29) is 30.0 Å². The van der Waals surface area contributed by atoms with Crippen LogP contribution in [0.4, 0.5) is 30.5 Å². The molecule has 1 saturated heterocycles. The van der Waals surface area contributed by atoms with Crippen LogP contribution in [0, 0.1) is 0 Å². The van der Waals surface area contributed by atoms with Gasteiger partial charge in [-0.2, -0.15) is 0 Å². The number of likely N-dealkylation sites (N-methyl/N-ethyl adjacent to an activating group) is 1. The molecule has 3 aromatic rings. The lowest BCUT2D eigenvalue weighted by molar-refractivity contribution is -0.274. The number of aryl methyl sites for hydroxylation is 1. The fourth-order valence-electron chi connectivity index (χ4n) is 4.76. The van der Waals surface area contributed by atoms with Gasteiger partial charge in [-0.3, -0.25) is 0 Å². The fourth-order valence-corrected chi connectivity index (χ4v) is 6.75. The number of carbonyl (C=O) groups is 1. The molecule has 2 aliphatic rings. The minimum absolute atomic E-state index is 0.113. The summed E-state index contributed by atoms with van der Waals surface area (Å²) < 4.78 is 50.2. The van der Waals surface area contributed by atoms with E-state index in [0.717, 1.165) is 52.8 Å². The van der Waals surface area contributed by atoms with Crippen LogP contribution >= 0.6 is 23.1 Å². The third-order valence-corrected chi connectivity index (χ3v) is 9.00. The number of halogens is 3. The predicted octanol–water partition coefficient (Wildman–Crippen LogP) is 5.60. The number of fused-ring (bicyclic) bond motifs is 3. The first-order valence-electron chi connectivity index (χ1n) is 12.5. The van der Waals surface area contributed by atoms with E-state index in [2.05, 4.69) is 24.8 Å². The van der Waals surface area contributed by atoms with Crippen molar-refractivity contribution in [3.05, 3.63) is 40.4 Å². The molecule has 0 radical (unpaired) electrons. The molecule has 208 valence electrons. The number of rotatable bonds is 7. The molecule has 0 spiro atoms. The number of thiophene rings is 1. The molecule has 2 aromatic heterocycles. The lowest BCUT2D eigenvalue weighted by atomic mass is 9.91. The lowest BCUT2D eigenvalue weighted by Crippen LogP contribution is -2.44. The number of benzene rings is 1. The average Bonchev–Trinajstić information content (AvgIpc) is 3.29. The molecule has 8 nitrogen and oxygen atoms in total. The van der Waals surface area contributed by atoms with Gasteiger partial charge in [0.2, 0.25) is 5.95 Å². The number of thioether (sulfide) groups is 1. The molecule has 1 aliphatic carbocycles. The van der Waals surface area contributed by atoms with Crippen LogP contribution in [0.15, 0.2) is 28.6 Å². The average molecular weight is 580 g/mol. The van der Waals surface area contributed by atoms with Crippen LogP contribution in [0.25, 0.3) is 11.3 Å². The molecule has 0 amide bonds. The van der Waals surface area contributed by atoms with E-state index in [0.29, 0.717) is 23.4 Å². The number of hydrogen-bond donors (Lipinski definition) is 1. The second-order valence-corrected chi connectivity index (χ2v) is 11.3. The van der Waals surface area contributed by atoms with Crippen LogP contribution in [0.1, 0.15) is 27.7 Å². The van der Waals surface area contributed by atoms with E-state index in [1.54, 1.807) is 25.3 Å². The molecule has 0 atom stereocenters. The lowest BCUT2D eigenvalue weighted by Gasteiger charge is -2.34. The SMILES string of the molecule is CCOC(=O)c1sc(SC)c2c1CCc1cnc(Nc3cc(N4CCN(C)CC4)ccc3OC(F)(F)F)nc1-2. The third-order valence-electron chi connectivity index (χ3n) is 6.67. The van der Waals surface area contributed by atoms with Crippen molar-refractivity contribution in [2.75, 3.05) is 56.3 Å². The number of ether oxygens (including phenoxy) is 2. The Labute approximate surface area is 232 Å². The van der Waals surface area contributed by atoms with Crippen LogP contribution in [0.5, 0.6) is 5.75 Å². The number of aromatic nitrogens is 2. The Kier molecular flexibility index (Phi) is 7.92. The normalized spacial score (nSPS) is 15.5. The molecule has 0 bridgehead atoms. The smallest absolute Gasteiger partial charge is 0.462 e. The van der Waals surface area contributed by atoms with E-state index in [4.69, 9.17) is 9.72 Å².